The molecule has 6 nitrogen and oxygen atoms in total. The van der Waals surface area contributed by atoms with Crippen LogP contribution in [0.3, 0.4) is 0 Å². The van der Waals surface area contributed by atoms with Crippen molar-refractivity contribution >= 4 is 34.7 Å². The molecule has 0 aliphatic carbocycles. The number of carbonyl (C=O) groups excluding carboxylic acids is 1. The summed E-state index contributed by atoms with van der Waals surface area (Å²) in [5, 5.41) is 16.8. The lowest BCUT2D eigenvalue weighted by Crippen LogP contribution is -2.07. The molecule has 0 spiro atoms. The van der Waals surface area contributed by atoms with Crippen LogP contribution in [-0.4, -0.2) is 10.8 Å². The summed E-state index contributed by atoms with van der Waals surface area (Å²) in [7, 11) is 0. The Hall–Kier alpha value is -3.93. The van der Waals surface area contributed by atoms with E-state index >= 15 is 0 Å². The van der Waals surface area contributed by atoms with Crippen LogP contribution in [0.1, 0.15) is 5.56 Å². The smallest absolute Gasteiger partial charge is 0.270 e. The topological polar surface area (TPSA) is 84.3 Å². The van der Waals surface area contributed by atoms with Gasteiger partial charge in [0.15, 0.2) is 0 Å². The van der Waals surface area contributed by atoms with Gasteiger partial charge < -0.3 is 10.6 Å². The van der Waals surface area contributed by atoms with Gasteiger partial charge in [0.1, 0.15) is 0 Å². The van der Waals surface area contributed by atoms with E-state index in [4.69, 9.17) is 0 Å². The molecule has 3 aromatic rings. The van der Waals surface area contributed by atoms with Gasteiger partial charge in [-0.1, -0.05) is 30.3 Å². The lowest BCUT2D eigenvalue weighted by Gasteiger charge is -2.07. The van der Waals surface area contributed by atoms with Crippen molar-refractivity contribution in [2.24, 2.45) is 0 Å². The number of hydrogen-bond donors (Lipinski definition) is 2. The molecule has 0 aromatic heterocycles. The summed E-state index contributed by atoms with van der Waals surface area (Å²) in [5.41, 5.74) is 3.11. The predicted octanol–water partition coefficient (Wildman–Crippen LogP) is 4.99. The third kappa shape index (κ3) is 5.27. The first-order chi connectivity index (χ1) is 13.1. The molecule has 0 radical (unpaired) electrons. The van der Waals surface area contributed by atoms with Gasteiger partial charge in [-0.05, 0) is 48.0 Å². The fraction of sp³-hybridized carbons (Fsp3) is 0. The van der Waals surface area contributed by atoms with Gasteiger partial charge in [0.05, 0.1) is 4.92 Å². The molecule has 0 aliphatic rings. The zero-order valence-electron chi connectivity index (χ0n) is 14.3. The molecular weight excluding hydrogens is 342 g/mol. The second kappa shape index (κ2) is 8.44. The minimum absolute atomic E-state index is 0.0148. The van der Waals surface area contributed by atoms with E-state index in [9.17, 15) is 14.9 Å². The summed E-state index contributed by atoms with van der Waals surface area (Å²) in [5.74, 6) is -0.315. The highest BCUT2D eigenvalue weighted by Gasteiger charge is 2.04. The van der Waals surface area contributed by atoms with Crippen LogP contribution in [0.5, 0.6) is 0 Å². The molecule has 3 rings (SSSR count). The van der Waals surface area contributed by atoms with Gasteiger partial charge in [-0.25, -0.2) is 0 Å². The summed E-state index contributed by atoms with van der Waals surface area (Å²) in [6.45, 7) is 0. The van der Waals surface area contributed by atoms with Crippen LogP contribution in [0.4, 0.5) is 22.7 Å². The number of benzene rings is 3. The Morgan fingerprint density at radius 2 is 1.52 bits per heavy atom. The first-order valence-corrected chi connectivity index (χ1v) is 8.26. The first kappa shape index (κ1) is 17.9. The highest BCUT2D eigenvalue weighted by atomic mass is 16.6. The molecule has 6 heteroatoms. The number of amides is 1. The molecule has 0 bridgehead atoms. The quantitative estimate of drug-likeness (QED) is 0.369. The van der Waals surface area contributed by atoms with Crippen molar-refractivity contribution in [2.75, 3.05) is 10.6 Å². The zero-order valence-corrected chi connectivity index (χ0v) is 14.3. The normalized spacial score (nSPS) is 10.5. The van der Waals surface area contributed by atoms with E-state index in [-0.39, 0.29) is 11.6 Å². The van der Waals surface area contributed by atoms with Gasteiger partial charge in [0.25, 0.3) is 5.69 Å². The van der Waals surface area contributed by atoms with Crippen molar-refractivity contribution < 1.29 is 9.72 Å². The second-order valence-corrected chi connectivity index (χ2v) is 5.74. The average molecular weight is 359 g/mol. The molecule has 1 amide bonds. The highest BCUT2D eigenvalue weighted by molar-refractivity contribution is 6.02. The second-order valence-electron chi connectivity index (χ2n) is 5.74. The first-order valence-electron chi connectivity index (χ1n) is 8.26. The fourth-order valence-corrected chi connectivity index (χ4v) is 2.42. The molecule has 27 heavy (non-hydrogen) atoms. The summed E-state index contributed by atoms with van der Waals surface area (Å²) >= 11 is 0. The van der Waals surface area contributed by atoms with Crippen LogP contribution in [0.15, 0.2) is 84.9 Å². The molecule has 0 unspecified atom stereocenters. The van der Waals surface area contributed by atoms with Gasteiger partial charge in [-0.3, -0.25) is 14.9 Å². The number of nitrogens with zero attached hydrogens (tertiary/aromatic N) is 1. The number of nitro groups is 1. The van der Waals surface area contributed by atoms with E-state index < -0.39 is 4.92 Å². The number of carbonyl (C=O) groups is 1. The number of anilines is 3. The summed E-state index contributed by atoms with van der Waals surface area (Å²) < 4.78 is 0. The lowest BCUT2D eigenvalue weighted by atomic mass is 10.2. The molecule has 0 saturated carbocycles. The summed E-state index contributed by atoms with van der Waals surface area (Å²) in [6, 6.07) is 23.2. The van der Waals surface area contributed by atoms with Crippen molar-refractivity contribution in [2.45, 2.75) is 0 Å². The van der Waals surface area contributed by atoms with Crippen LogP contribution in [-0.2, 0) is 4.79 Å². The number of para-hydroxylation sites is 1. The molecule has 0 fully saturated rings. The Morgan fingerprint density at radius 3 is 2.22 bits per heavy atom. The van der Waals surface area contributed by atoms with Crippen LogP contribution >= 0.6 is 0 Å². The van der Waals surface area contributed by atoms with E-state index in [1.54, 1.807) is 24.3 Å². The fourth-order valence-electron chi connectivity index (χ4n) is 2.42. The molecule has 0 saturated heterocycles. The number of hydrogen-bond acceptors (Lipinski definition) is 4. The number of rotatable bonds is 6. The average Bonchev–Trinajstić information content (AvgIpc) is 2.69. The maximum absolute atomic E-state index is 12.0. The highest BCUT2D eigenvalue weighted by Crippen LogP contribution is 2.19. The lowest BCUT2D eigenvalue weighted by molar-refractivity contribution is -0.384. The predicted molar refractivity (Wildman–Crippen MR) is 107 cm³/mol. The molecule has 134 valence electrons. The van der Waals surface area contributed by atoms with Crippen LogP contribution in [0, 0.1) is 10.1 Å². The van der Waals surface area contributed by atoms with Crippen molar-refractivity contribution in [1.29, 1.82) is 0 Å². The molecular formula is C21H17N3O3. The van der Waals surface area contributed by atoms with Gasteiger partial charge >= 0.3 is 0 Å². The Kier molecular flexibility index (Phi) is 5.59. The van der Waals surface area contributed by atoms with Crippen LogP contribution < -0.4 is 10.6 Å². The maximum Gasteiger partial charge on any atom is 0.270 e. The maximum atomic E-state index is 12.0. The summed E-state index contributed by atoms with van der Waals surface area (Å²) in [4.78, 5) is 22.3. The Bertz CT molecular complexity index is 967. The van der Waals surface area contributed by atoms with Gasteiger partial charge in [0, 0.05) is 35.3 Å². The van der Waals surface area contributed by atoms with Crippen molar-refractivity contribution in [3.8, 4) is 0 Å². The van der Waals surface area contributed by atoms with E-state index in [2.05, 4.69) is 10.6 Å². The van der Waals surface area contributed by atoms with Crippen molar-refractivity contribution in [3.63, 3.8) is 0 Å². The third-order valence-electron chi connectivity index (χ3n) is 3.72. The largest absolute Gasteiger partial charge is 0.356 e. The Balaban J connectivity index is 1.59. The Labute approximate surface area is 156 Å². The zero-order chi connectivity index (χ0) is 19.1. The van der Waals surface area contributed by atoms with E-state index in [1.165, 1.54) is 24.3 Å². The summed E-state index contributed by atoms with van der Waals surface area (Å²) in [6.07, 6.45) is 2.88. The standard InChI is InChI=1S/C21H17N3O3/c25-21(14-9-16-5-4-8-20(15-16)24(26)27)23-19-12-10-18(11-13-19)22-17-6-2-1-3-7-17/h1-15,22H,(H,23,25)/b14-9+. The molecule has 2 N–H and O–H groups in total. The van der Waals surface area contributed by atoms with Gasteiger partial charge in [-0.2, -0.15) is 0 Å². The van der Waals surface area contributed by atoms with Gasteiger partial charge in [-0.15, -0.1) is 0 Å². The van der Waals surface area contributed by atoms with E-state index in [1.807, 2.05) is 42.5 Å². The van der Waals surface area contributed by atoms with Crippen molar-refractivity contribution in [1.82, 2.24) is 0 Å². The van der Waals surface area contributed by atoms with Gasteiger partial charge in [0.2, 0.25) is 5.91 Å². The molecule has 0 aliphatic heterocycles. The van der Waals surface area contributed by atoms with Crippen LogP contribution in [0.25, 0.3) is 6.08 Å². The SMILES string of the molecule is O=C(/C=C/c1cccc([N+](=O)[O-])c1)Nc1ccc(Nc2ccccc2)cc1. The van der Waals surface area contributed by atoms with Crippen molar-refractivity contribution in [3.05, 3.63) is 101 Å². The molecule has 0 heterocycles. The molecule has 0 atom stereocenters. The number of nitro benzene ring substituents is 1. The minimum atomic E-state index is -0.470. The van der Waals surface area contributed by atoms with E-state index in [0.717, 1.165) is 11.4 Å². The molecule has 3 aromatic carbocycles. The van der Waals surface area contributed by atoms with E-state index in [0.29, 0.717) is 11.3 Å². The van der Waals surface area contributed by atoms with Crippen LogP contribution in [0.2, 0.25) is 0 Å². The minimum Gasteiger partial charge on any atom is -0.356 e. The number of nitrogens with one attached hydrogen (secondary N) is 2. The Morgan fingerprint density at radius 1 is 0.852 bits per heavy atom. The third-order valence-corrected chi connectivity index (χ3v) is 3.72. The monoisotopic (exact) mass is 359 g/mol. The number of non-ortho nitro benzene ring substituents is 1.